The van der Waals surface area contributed by atoms with Crippen LogP contribution in [0.1, 0.15) is 37.8 Å². The van der Waals surface area contributed by atoms with Crippen molar-refractivity contribution in [1.29, 1.82) is 0 Å². The molecule has 0 amide bonds. The van der Waals surface area contributed by atoms with Gasteiger partial charge in [-0.15, -0.1) is 0 Å². The van der Waals surface area contributed by atoms with E-state index in [1.54, 1.807) is 24.4 Å². The summed E-state index contributed by atoms with van der Waals surface area (Å²) < 4.78 is 34.9. The SMILES string of the molecule is CCOc1ccc(C(C)C)cc1S(=O)(=O)Nc1ccc(-c2nc3cccnc3s2)cc1C. The molecule has 0 aliphatic rings. The first kappa shape index (κ1) is 22.2. The van der Waals surface area contributed by atoms with Crippen LogP contribution in [0.4, 0.5) is 5.69 Å². The van der Waals surface area contributed by atoms with Gasteiger partial charge in [-0.2, -0.15) is 0 Å². The van der Waals surface area contributed by atoms with Gasteiger partial charge < -0.3 is 4.74 Å². The number of ether oxygens (including phenoxy) is 1. The predicted molar refractivity (Wildman–Crippen MR) is 130 cm³/mol. The molecule has 0 fully saturated rings. The number of sulfonamides is 1. The van der Waals surface area contributed by atoms with E-state index in [-0.39, 0.29) is 10.8 Å². The first-order valence-electron chi connectivity index (χ1n) is 10.4. The first-order chi connectivity index (χ1) is 15.3. The van der Waals surface area contributed by atoms with Crippen molar-refractivity contribution in [2.45, 2.75) is 38.5 Å². The number of aryl methyl sites for hydroxylation is 1. The fourth-order valence-electron chi connectivity index (χ4n) is 3.37. The van der Waals surface area contributed by atoms with E-state index in [0.29, 0.717) is 18.0 Å². The minimum absolute atomic E-state index is 0.145. The number of hydrogen-bond acceptors (Lipinski definition) is 6. The van der Waals surface area contributed by atoms with Crippen LogP contribution in [-0.2, 0) is 10.0 Å². The van der Waals surface area contributed by atoms with E-state index in [1.165, 1.54) is 11.3 Å². The summed E-state index contributed by atoms with van der Waals surface area (Å²) in [4.78, 5) is 10.00. The van der Waals surface area contributed by atoms with Crippen LogP contribution in [0.3, 0.4) is 0 Å². The number of anilines is 1. The van der Waals surface area contributed by atoms with Gasteiger partial charge in [0.2, 0.25) is 0 Å². The fraction of sp³-hybridized carbons (Fsp3) is 0.250. The standard InChI is InChI=1S/C24H25N3O3S2/c1-5-30-21-11-9-17(15(2)3)14-22(21)32(28,29)27-19-10-8-18(13-16(19)4)23-26-20-7-6-12-25-24(20)31-23/h6-15,27H,5H2,1-4H3. The van der Waals surface area contributed by atoms with Crippen LogP contribution < -0.4 is 9.46 Å². The molecule has 4 aromatic rings. The monoisotopic (exact) mass is 467 g/mol. The molecule has 2 aromatic heterocycles. The van der Waals surface area contributed by atoms with Gasteiger partial charge in [0, 0.05) is 11.8 Å². The van der Waals surface area contributed by atoms with E-state index in [4.69, 9.17) is 4.74 Å². The van der Waals surface area contributed by atoms with Crippen molar-refractivity contribution >= 4 is 37.4 Å². The Morgan fingerprint density at radius 3 is 2.62 bits per heavy atom. The number of nitrogens with zero attached hydrogens (tertiary/aromatic N) is 2. The topological polar surface area (TPSA) is 81.2 Å². The molecule has 166 valence electrons. The third-order valence-corrected chi connectivity index (χ3v) is 7.52. The van der Waals surface area contributed by atoms with Crippen LogP contribution in [-0.4, -0.2) is 25.0 Å². The van der Waals surface area contributed by atoms with Crippen molar-refractivity contribution in [3.8, 4) is 16.3 Å². The molecule has 0 saturated carbocycles. The van der Waals surface area contributed by atoms with Crippen LogP contribution in [0.15, 0.2) is 59.6 Å². The number of rotatable bonds is 7. The van der Waals surface area contributed by atoms with E-state index in [1.807, 2.05) is 58.0 Å². The van der Waals surface area contributed by atoms with Gasteiger partial charge in [0.25, 0.3) is 10.0 Å². The Hall–Kier alpha value is -2.97. The zero-order chi connectivity index (χ0) is 22.9. The van der Waals surface area contributed by atoms with Crippen molar-refractivity contribution in [1.82, 2.24) is 9.97 Å². The van der Waals surface area contributed by atoms with Crippen molar-refractivity contribution in [3.63, 3.8) is 0 Å². The maximum Gasteiger partial charge on any atom is 0.265 e. The summed E-state index contributed by atoms with van der Waals surface area (Å²) in [6.07, 6.45) is 1.75. The number of pyridine rings is 1. The summed E-state index contributed by atoms with van der Waals surface area (Å²) in [5, 5.41) is 0.847. The third kappa shape index (κ3) is 4.47. The van der Waals surface area contributed by atoms with Crippen molar-refractivity contribution in [2.24, 2.45) is 0 Å². The summed E-state index contributed by atoms with van der Waals surface area (Å²) in [6.45, 7) is 8.15. The Labute approximate surface area is 192 Å². The molecule has 0 bridgehead atoms. The Balaban J connectivity index is 1.67. The average molecular weight is 468 g/mol. The van der Waals surface area contributed by atoms with Crippen LogP contribution in [0.2, 0.25) is 0 Å². The molecule has 0 spiro atoms. The van der Waals surface area contributed by atoms with Crippen LogP contribution in [0, 0.1) is 6.92 Å². The van der Waals surface area contributed by atoms with Gasteiger partial charge in [-0.25, -0.2) is 18.4 Å². The summed E-state index contributed by atoms with van der Waals surface area (Å²) in [5.74, 6) is 0.546. The molecule has 0 atom stereocenters. The van der Waals surface area contributed by atoms with Gasteiger partial charge in [0.1, 0.15) is 26.0 Å². The highest BCUT2D eigenvalue weighted by atomic mass is 32.2. The number of fused-ring (bicyclic) bond motifs is 1. The highest BCUT2D eigenvalue weighted by Crippen LogP contribution is 2.33. The minimum atomic E-state index is -3.84. The molecular formula is C24H25N3O3S2. The molecule has 32 heavy (non-hydrogen) atoms. The second-order valence-electron chi connectivity index (χ2n) is 7.78. The zero-order valence-electron chi connectivity index (χ0n) is 18.4. The van der Waals surface area contributed by atoms with E-state index >= 15 is 0 Å². The maximum atomic E-state index is 13.3. The van der Waals surface area contributed by atoms with Crippen molar-refractivity contribution in [3.05, 3.63) is 65.9 Å². The second kappa shape index (κ2) is 8.88. The predicted octanol–water partition coefficient (Wildman–Crippen LogP) is 5.99. The molecule has 0 aliphatic heterocycles. The molecule has 0 saturated heterocycles. The molecular weight excluding hydrogens is 442 g/mol. The minimum Gasteiger partial charge on any atom is -0.492 e. The van der Waals surface area contributed by atoms with E-state index in [0.717, 1.165) is 32.0 Å². The molecule has 0 radical (unpaired) electrons. The van der Waals surface area contributed by atoms with Gasteiger partial charge in [0.15, 0.2) is 0 Å². The molecule has 8 heteroatoms. The van der Waals surface area contributed by atoms with Crippen LogP contribution in [0.5, 0.6) is 5.75 Å². The summed E-state index contributed by atoms with van der Waals surface area (Å²) >= 11 is 1.51. The normalized spacial score (nSPS) is 11.8. The largest absolute Gasteiger partial charge is 0.492 e. The summed E-state index contributed by atoms with van der Waals surface area (Å²) in [6, 6.07) is 14.7. The van der Waals surface area contributed by atoms with Gasteiger partial charge >= 0.3 is 0 Å². The lowest BCUT2D eigenvalue weighted by molar-refractivity contribution is 0.331. The number of benzene rings is 2. The quantitative estimate of drug-likeness (QED) is 0.361. The lowest BCUT2D eigenvalue weighted by atomic mass is 10.0. The number of aromatic nitrogens is 2. The van der Waals surface area contributed by atoms with E-state index < -0.39 is 10.0 Å². The van der Waals surface area contributed by atoms with E-state index in [9.17, 15) is 8.42 Å². The molecule has 0 unspecified atom stereocenters. The molecule has 0 aliphatic carbocycles. The van der Waals surface area contributed by atoms with Gasteiger partial charge in [-0.05, 0) is 73.4 Å². The third-order valence-electron chi connectivity index (χ3n) is 5.11. The molecule has 6 nitrogen and oxygen atoms in total. The van der Waals surface area contributed by atoms with Crippen molar-refractivity contribution in [2.75, 3.05) is 11.3 Å². The molecule has 1 N–H and O–H groups in total. The van der Waals surface area contributed by atoms with Gasteiger partial charge in [-0.3, -0.25) is 4.72 Å². The molecule has 2 heterocycles. The zero-order valence-corrected chi connectivity index (χ0v) is 20.0. The van der Waals surface area contributed by atoms with Crippen LogP contribution in [0.25, 0.3) is 20.9 Å². The summed E-state index contributed by atoms with van der Waals surface area (Å²) in [5.41, 5.74) is 4.03. The van der Waals surface area contributed by atoms with Crippen LogP contribution >= 0.6 is 11.3 Å². The number of thiazole rings is 1. The summed E-state index contributed by atoms with van der Waals surface area (Å²) in [7, 11) is -3.84. The lowest BCUT2D eigenvalue weighted by Crippen LogP contribution is -2.16. The Kier molecular flexibility index (Phi) is 6.17. The maximum absolute atomic E-state index is 13.3. The fourth-order valence-corrected chi connectivity index (χ4v) is 5.59. The van der Waals surface area contributed by atoms with Gasteiger partial charge in [-0.1, -0.05) is 31.3 Å². The molecule has 2 aromatic carbocycles. The molecule has 4 rings (SSSR count). The number of nitrogens with one attached hydrogen (secondary N) is 1. The lowest BCUT2D eigenvalue weighted by Gasteiger charge is -2.16. The average Bonchev–Trinajstić information content (AvgIpc) is 3.19. The van der Waals surface area contributed by atoms with E-state index in [2.05, 4.69) is 14.7 Å². The van der Waals surface area contributed by atoms with Crippen molar-refractivity contribution < 1.29 is 13.2 Å². The first-order valence-corrected chi connectivity index (χ1v) is 12.7. The highest BCUT2D eigenvalue weighted by Gasteiger charge is 2.22. The second-order valence-corrected chi connectivity index (χ2v) is 10.4. The smallest absolute Gasteiger partial charge is 0.265 e. The highest BCUT2D eigenvalue weighted by molar-refractivity contribution is 7.92. The Morgan fingerprint density at radius 2 is 1.94 bits per heavy atom. The Bertz CT molecular complexity index is 1350. The van der Waals surface area contributed by atoms with Gasteiger partial charge in [0.05, 0.1) is 12.3 Å². The number of hydrogen-bond donors (Lipinski definition) is 1. The Morgan fingerprint density at radius 1 is 1.12 bits per heavy atom.